The molecule has 2 aliphatic rings. The number of pyridine rings is 1. The number of carbonyl (C=O) groups excluding carboxylic acids is 1. The number of likely N-dealkylation sites (tertiary alicyclic amines) is 1. The Labute approximate surface area is 154 Å². The minimum atomic E-state index is 0.0244. The first-order chi connectivity index (χ1) is 12.7. The van der Waals surface area contributed by atoms with Crippen molar-refractivity contribution in [1.29, 1.82) is 0 Å². The highest BCUT2D eigenvalue weighted by atomic mass is 16.5. The van der Waals surface area contributed by atoms with Crippen molar-refractivity contribution >= 4 is 5.91 Å². The molecule has 4 rings (SSSR count). The van der Waals surface area contributed by atoms with E-state index >= 15 is 0 Å². The molecule has 2 aromatic heterocycles. The van der Waals surface area contributed by atoms with Crippen LogP contribution in [0, 0.1) is 5.41 Å². The van der Waals surface area contributed by atoms with Gasteiger partial charge in [-0.2, -0.15) is 5.10 Å². The van der Waals surface area contributed by atoms with Crippen LogP contribution < -0.4 is 4.74 Å². The van der Waals surface area contributed by atoms with E-state index in [4.69, 9.17) is 4.74 Å². The number of aromatic nitrogens is 3. The molecule has 1 atom stereocenters. The zero-order chi connectivity index (χ0) is 18.0. The molecule has 6 nitrogen and oxygen atoms in total. The lowest BCUT2D eigenvalue weighted by Gasteiger charge is -2.33. The number of ether oxygens (including phenoxy) is 1. The quantitative estimate of drug-likeness (QED) is 0.847. The van der Waals surface area contributed by atoms with E-state index in [1.807, 2.05) is 30.3 Å². The van der Waals surface area contributed by atoms with Crippen LogP contribution >= 0.6 is 0 Å². The second-order valence-corrected chi connectivity index (χ2v) is 7.72. The molecule has 6 heteroatoms. The van der Waals surface area contributed by atoms with Gasteiger partial charge in [-0.1, -0.05) is 19.3 Å². The molecule has 2 fully saturated rings. The van der Waals surface area contributed by atoms with Crippen molar-refractivity contribution in [2.75, 3.05) is 13.2 Å². The van der Waals surface area contributed by atoms with Crippen LogP contribution in [0.1, 0.15) is 49.0 Å². The van der Waals surface area contributed by atoms with Gasteiger partial charge in [0.15, 0.2) is 0 Å². The zero-order valence-electron chi connectivity index (χ0n) is 15.3. The molecule has 1 unspecified atom stereocenters. The first-order valence-electron chi connectivity index (χ1n) is 9.49. The van der Waals surface area contributed by atoms with Crippen LogP contribution in [0.15, 0.2) is 36.8 Å². The summed E-state index contributed by atoms with van der Waals surface area (Å²) in [4.78, 5) is 19.1. The fourth-order valence-corrected chi connectivity index (χ4v) is 4.52. The van der Waals surface area contributed by atoms with Gasteiger partial charge in [0.1, 0.15) is 18.1 Å². The van der Waals surface area contributed by atoms with Crippen molar-refractivity contribution in [2.24, 2.45) is 12.5 Å². The molecule has 138 valence electrons. The molecule has 0 N–H and O–H groups in total. The summed E-state index contributed by atoms with van der Waals surface area (Å²) in [5.74, 6) is 0.825. The van der Waals surface area contributed by atoms with Gasteiger partial charge in [-0.05, 0) is 42.9 Å². The number of amides is 1. The molecule has 1 aliphatic carbocycles. The largest absolute Gasteiger partial charge is 0.491 e. The highest BCUT2D eigenvalue weighted by Gasteiger charge is 2.46. The average Bonchev–Trinajstić information content (AvgIpc) is 3.25. The van der Waals surface area contributed by atoms with E-state index in [0.29, 0.717) is 12.3 Å². The second kappa shape index (κ2) is 7.09. The smallest absolute Gasteiger partial charge is 0.274 e. The van der Waals surface area contributed by atoms with Crippen molar-refractivity contribution in [3.05, 3.63) is 42.5 Å². The number of nitrogens with zero attached hydrogens (tertiary/aromatic N) is 4. The summed E-state index contributed by atoms with van der Waals surface area (Å²) >= 11 is 0. The first-order valence-corrected chi connectivity index (χ1v) is 9.49. The van der Waals surface area contributed by atoms with Gasteiger partial charge in [0, 0.05) is 32.2 Å². The predicted molar refractivity (Wildman–Crippen MR) is 97.9 cm³/mol. The molecular weight excluding hydrogens is 328 g/mol. The standard InChI is InChI=1S/C20H26N4O2/c1-23-12-7-18(22-23)19(25)24-15-20(8-3-2-4-9-20)13-16(24)14-26-17-5-10-21-11-6-17/h5-7,10-12,16H,2-4,8-9,13-15H2,1H3. The molecule has 0 radical (unpaired) electrons. The molecule has 1 saturated carbocycles. The van der Waals surface area contributed by atoms with E-state index in [9.17, 15) is 4.79 Å². The average molecular weight is 354 g/mol. The van der Waals surface area contributed by atoms with Crippen molar-refractivity contribution in [3.63, 3.8) is 0 Å². The fraction of sp³-hybridized carbons (Fsp3) is 0.550. The molecule has 2 aromatic rings. The fourth-order valence-electron chi connectivity index (χ4n) is 4.52. The number of hydrogen-bond acceptors (Lipinski definition) is 4. The molecule has 1 spiro atoms. The lowest BCUT2D eigenvalue weighted by Crippen LogP contribution is -2.40. The van der Waals surface area contributed by atoms with Crippen LogP contribution in [-0.4, -0.2) is 44.8 Å². The number of aryl methyl sites for hydroxylation is 1. The number of carbonyl (C=O) groups is 1. The van der Waals surface area contributed by atoms with Crippen molar-refractivity contribution < 1.29 is 9.53 Å². The molecular formula is C20H26N4O2. The Bertz CT molecular complexity index is 752. The molecule has 1 aliphatic heterocycles. The molecule has 1 saturated heterocycles. The first kappa shape index (κ1) is 17.1. The Balaban J connectivity index is 1.52. The van der Waals surface area contributed by atoms with Crippen LogP contribution in [0.3, 0.4) is 0 Å². The third-order valence-corrected chi connectivity index (χ3v) is 5.82. The normalized spacial score (nSPS) is 21.9. The Hall–Kier alpha value is -2.37. The van der Waals surface area contributed by atoms with E-state index in [1.54, 1.807) is 23.1 Å². The monoisotopic (exact) mass is 354 g/mol. The molecule has 3 heterocycles. The number of rotatable bonds is 4. The van der Waals surface area contributed by atoms with Crippen LogP contribution in [-0.2, 0) is 7.05 Å². The zero-order valence-corrected chi connectivity index (χ0v) is 15.3. The van der Waals surface area contributed by atoms with E-state index in [2.05, 4.69) is 10.1 Å². The Morgan fingerprint density at radius 1 is 1.23 bits per heavy atom. The molecule has 0 bridgehead atoms. The highest BCUT2D eigenvalue weighted by molar-refractivity contribution is 5.92. The van der Waals surface area contributed by atoms with Gasteiger partial charge in [0.2, 0.25) is 0 Å². The van der Waals surface area contributed by atoms with Gasteiger partial charge in [-0.25, -0.2) is 0 Å². The van der Waals surface area contributed by atoms with Crippen LogP contribution in [0.2, 0.25) is 0 Å². The Morgan fingerprint density at radius 2 is 2.00 bits per heavy atom. The van der Waals surface area contributed by atoms with Crippen molar-refractivity contribution in [1.82, 2.24) is 19.7 Å². The second-order valence-electron chi connectivity index (χ2n) is 7.72. The lowest BCUT2D eigenvalue weighted by atomic mass is 9.73. The third kappa shape index (κ3) is 3.45. The molecule has 26 heavy (non-hydrogen) atoms. The molecule has 1 amide bonds. The summed E-state index contributed by atoms with van der Waals surface area (Å²) in [6.07, 6.45) is 12.6. The van der Waals surface area contributed by atoms with Gasteiger partial charge < -0.3 is 9.64 Å². The summed E-state index contributed by atoms with van der Waals surface area (Å²) in [5.41, 5.74) is 0.781. The Kier molecular flexibility index (Phi) is 4.66. The summed E-state index contributed by atoms with van der Waals surface area (Å²) in [5, 5.41) is 4.32. The summed E-state index contributed by atoms with van der Waals surface area (Å²) in [6, 6.07) is 5.61. The van der Waals surface area contributed by atoms with Crippen LogP contribution in [0.4, 0.5) is 0 Å². The summed E-state index contributed by atoms with van der Waals surface area (Å²) < 4.78 is 7.67. The van der Waals surface area contributed by atoms with E-state index in [0.717, 1.165) is 18.7 Å². The minimum Gasteiger partial charge on any atom is -0.491 e. The molecule has 0 aromatic carbocycles. The summed E-state index contributed by atoms with van der Waals surface area (Å²) in [6.45, 7) is 1.34. The lowest BCUT2D eigenvalue weighted by molar-refractivity contribution is 0.0667. The van der Waals surface area contributed by atoms with Crippen molar-refractivity contribution in [2.45, 2.75) is 44.6 Å². The third-order valence-electron chi connectivity index (χ3n) is 5.82. The topological polar surface area (TPSA) is 60.2 Å². The SMILES string of the molecule is Cn1ccc(C(=O)N2CC3(CCCCC3)CC2COc2ccncc2)n1. The minimum absolute atomic E-state index is 0.0244. The summed E-state index contributed by atoms with van der Waals surface area (Å²) in [7, 11) is 1.84. The van der Waals surface area contributed by atoms with E-state index in [1.165, 1.54) is 32.1 Å². The van der Waals surface area contributed by atoms with Gasteiger partial charge in [-0.15, -0.1) is 0 Å². The van der Waals surface area contributed by atoms with Gasteiger partial charge in [0.05, 0.1) is 6.04 Å². The highest BCUT2D eigenvalue weighted by Crippen LogP contribution is 2.46. The van der Waals surface area contributed by atoms with E-state index < -0.39 is 0 Å². The maximum absolute atomic E-state index is 13.1. The Morgan fingerprint density at radius 3 is 2.69 bits per heavy atom. The van der Waals surface area contributed by atoms with E-state index in [-0.39, 0.29) is 17.4 Å². The van der Waals surface area contributed by atoms with Crippen LogP contribution in [0.5, 0.6) is 5.75 Å². The van der Waals surface area contributed by atoms with Gasteiger partial charge >= 0.3 is 0 Å². The maximum Gasteiger partial charge on any atom is 0.274 e. The number of hydrogen-bond donors (Lipinski definition) is 0. The van der Waals surface area contributed by atoms with Gasteiger partial charge in [-0.3, -0.25) is 14.5 Å². The van der Waals surface area contributed by atoms with Gasteiger partial charge in [0.25, 0.3) is 5.91 Å². The predicted octanol–water partition coefficient (Wildman–Crippen LogP) is 3.06. The maximum atomic E-state index is 13.1. The van der Waals surface area contributed by atoms with Crippen LogP contribution in [0.25, 0.3) is 0 Å². The van der Waals surface area contributed by atoms with Crippen molar-refractivity contribution in [3.8, 4) is 5.75 Å².